The van der Waals surface area contributed by atoms with E-state index < -0.39 is 16.0 Å². The third-order valence-electron chi connectivity index (χ3n) is 3.63. The topological polar surface area (TPSA) is 117 Å². The van der Waals surface area contributed by atoms with Crippen molar-refractivity contribution < 1.29 is 27.5 Å². The van der Waals surface area contributed by atoms with Crippen LogP contribution >= 0.6 is 0 Å². The molecule has 0 unspecified atom stereocenters. The van der Waals surface area contributed by atoms with Gasteiger partial charge in [0, 0.05) is 19.1 Å². The third kappa shape index (κ3) is 4.55. The van der Waals surface area contributed by atoms with Crippen LogP contribution in [0.2, 0.25) is 0 Å². The molecule has 2 heterocycles. The Balaban J connectivity index is 1.91. The highest BCUT2D eigenvalue weighted by molar-refractivity contribution is 7.89. The Morgan fingerprint density at radius 1 is 1.30 bits per heavy atom. The minimum absolute atomic E-state index is 0.0209. The maximum Gasteiger partial charge on any atom is 0.371 e. The summed E-state index contributed by atoms with van der Waals surface area (Å²) in [5.74, 6) is -1.82. The molecule has 0 spiro atoms. The average Bonchev–Trinajstić information content (AvgIpc) is 2.96. The largest absolute Gasteiger partial charge is 0.475 e. The normalized spacial score (nSPS) is 16.5. The highest BCUT2D eigenvalue weighted by atomic mass is 32.2. The summed E-state index contributed by atoms with van der Waals surface area (Å²) in [6.45, 7) is 2.58. The first-order chi connectivity index (χ1) is 10.8. The molecule has 0 radical (unpaired) electrons. The van der Waals surface area contributed by atoms with Gasteiger partial charge in [-0.3, -0.25) is 4.79 Å². The van der Waals surface area contributed by atoms with Crippen molar-refractivity contribution in [3.8, 4) is 0 Å². The number of furan rings is 1. The zero-order valence-corrected chi connectivity index (χ0v) is 13.6. The van der Waals surface area contributed by atoms with E-state index in [2.05, 4.69) is 4.72 Å². The second-order valence-corrected chi connectivity index (χ2v) is 7.35. The number of carboxylic acid groups (broad SMARTS) is 1. The number of rotatable bonds is 6. The second-order valence-electron chi connectivity index (χ2n) is 5.47. The first kappa shape index (κ1) is 17.5. The van der Waals surface area contributed by atoms with Crippen molar-refractivity contribution in [2.45, 2.75) is 32.2 Å². The van der Waals surface area contributed by atoms with Crippen LogP contribution in [0.25, 0.3) is 0 Å². The Morgan fingerprint density at radius 3 is 2.43 bits per heavy atom. The molecule has 9 heteroatoms. The van der Waals surface area contributed by atoms with E-state index in [9.17, 15) is 18.0 Å². The van der Waals surface area contributed by atoms with Gasteiger partial charge in [-0.15, -0.1) is 0 Å². The number of hydrogen-bond donors (Lipinski definition) is 2. The number of carboxylic acids is 1. The lowest BCUT2D eigenvalue weighted by Gasteiger charge is -2.31. The molecule has 1 fully saturated rings. The van der Waals surface area contributed by atoms with E-state index in [1.807, 2.05) is 0 Å². The molecular weight excluding hydrogens is 324 g/mol. The second kappa shape index (κ2) is 7.14. The van der Waals surface area contributed by atoms with E-state index in [0.29, 0.717) is 32.4 Å². The molecular formula is C14H20N2O6S. The van der Waals surface area contributed by atoms with Crippen molar-refractivity contribution in [3.05, 3.63) is 23.7 Å². The Labute approximate surface area is 134 Å². The maximum atomic E-state index is 12.2. The average molecular weight is 344 g/mol. The summed E-state index contributed by atoms with van der Waals surface area (Å²) in [5.41, 5.74) is 0. The van der Waals surface area contributed by atoms with Crippen molar-refractivity contribution in [2.75, 3.05) is 18.8 Å². The molecule has 8 nitrogen and oxygen atoms in total. The lowest BCUT2D eigenvalue weighted by molar-refractivity contribution is 0.0639. The predicted octanol–water partition coefficient (Wildman–Crippen LogP) is 0.912. The number of nitrogens with one attached hydrogen (secondary N) is 1. The third-order valence-corrected chi connectivity index (χ3v) is 5.27. The van der Waals surface area contributed by atoms with Crippen LogP contribution < -0.4 is 4.72 Å². The molecule has 1 aromatic heterocycles. The minimum Gasteiger partial charge on any atom is -0.475 e. The monoisotopic (exact) mass is 344 g/mol. The lowest BCUT2D eigenvalue weighted by Crippen LogP contribution is -2.46. The summed E-state index contributed by atoms with van der Waals surface area (Å²) >= 11 is 0. The van der Waals surface area contributed by atoms with Gasteiger partial charge in [0.05, 0.1) is 5.75 Å². The number of carbonyl (C=O) groups is 2. The van der Waals surface area contributed by atoms with Crippen molar-refractivity contribution in [3.63, 3.8) is 0 Å². The summed E-state index contributed by atoms with van der Waals surface area (Å²) in [6.07, 6.45) is 1.58. The number of hydrogen-bond acceptors (Lipinski definition) is 5. The molecule has 0 saturated carbocycles. The highest BCUT2D eigenvalue weighted by Crippen LogP contribution is 2.16. The van der Waals surface area contributed by atoms with Gasteiger partial charge < -0.3 is 14.4 Å². The quantitative estimate of drug-likeness (QED) is 0.792. The lowest BCUT2D eigenvalue weighted by atomic mass is 10.1. The van der Waals surface area contributed by atoms with Crippen LogP contribution in [0.15, 0.2) is 16.5 Å². The molecule has 2 N–H and O–H groups in total. The number of aromatic carboxylic acids is 1. The van der Waals surface area contributed by atoms with Crippen molar-refractivity contribution >= 4 is 21.9 Å². The summed E-state index contributed by atoms with van der Waals surface area (Å²) in [7, 11) is -3.26. The van der Waals surface area contributed by atoms with Gasteiger partial charge in [0.15, 0.2) is 5.76 Å². The van der Waals surface area contributed by atoms with Crippen LogP contribution in [-0.4, -0.2) is 55.2 Å². The Kier molecular flexibility index (Phi) is 5.42. The zero-order chi connectivity index (χ0) is 17.0. The van der Waals surface area contributed by atoms with Gasteiger partial charge in [-0.1, -0.05) is 6.92 Å². The number of carbonyl (C=O) groups excluding carboxylic acids is 1. The summed E-state index contributed by atoms with van der Waals surface area (Å²) in [5, 5.41) is 8.79. The standard InChI is InChI=1S/C14H20N2O6S/c1-2-9-23(20,21)15-10-5-7-16(8-6-10)13(17)11-3-4-12(22-11)14(18)19/h3-4,10,15H,2,5-9H2,1H3,(H,18,19). The van der Waals surface area contributed by atoms with Gasteiger partial charge in [0.1, 0.15) is 0 Å². The smallest absolute Gasteiger partial charge is 0.371 e. The van der Waals surface area contributed by atoms with Crippen LogP contribution in [0.5, 0.6) is 0 Å². The Bertz CT molecular complexity index is 673. The summed E-state index contributed by atoms with van der Waals surface area (Å²) in [4.78, 5) is 24.5. The van der Waals surface area contributed by atoms with E-state index in [1.54, 1.807) is 6.92 Å². The summed E-state index contributed by atoms with van der Waals surface area (Å²) in [6, 6.07) is 2.39. The molecule has 1 aliphatic heterocycles. The molecule has 23 heavy (non-hydrogen) atoms. The number of nitrogens with zero attached hydrogens (tertiary/aromatic N) is 1. The molecule has 0 bridgehead atoms. The van der Waals surface area contributed by atoms with Crippen molar-refractivity contribution in [1.82, 2.24) is 9.62 Å². The fraction of sp³-hybridized carbons (Fsp3) is 0.571. The first-order valence-corrected chi connectivity index (χ1v) is 9.10. The minimum atomic E-state index is -3.26. The zero-order valence-electron chi connectivity index (χ0n) is 12.8. The van der Waals surface area contributed by atoms with Gasteiger partial charge in [0.2, 0.25) is 15.8 Å². The van der Waals surface area contributed by atoms with Crippen LogP contribution in [-0.2, 0) is 10.0 Å². The van der Waals surface area contributed by atoms with Gasteiger partial charge in [-0.2, -0.15) is 0 Å². The van der Waals surface area contributed by atoms with E-state index in [0.717, 1.165) is 0 Å². The van der Waals surface area contributed by atoms with E-state index in [-0.39, 0.29) is 29.2 Å². The molecule has 0 atom stereocenters. The maximum absolute atomic E-state index is 12.2. The molecule has 2 rings (SSSR count). The number of sulfonamides is 1. The molecule has 0 aromatic carbocycles. The molecule has 1 aliphatic rings. The molecule has 128 valence electrons. The fourth-order valence-corrected chi connectivity index (χ4v) is 3.90. The Hall–Kier alpha value is -1.87. The predicted molar refractivity (Wildman–Crippen MR) is 81.8 cm³/mol. The van der Waals surface area contributed by atoms with Gasteiger partial charge >= 0.3 is 5.97 Å². The van der Waals surface area contributed by atoms with Gasteiger partial charge in [0.25, 0.3) is 5.91 Å². The van der Waals surface area contributed by atoms with Gasteiger partial charge in [-0.05, 0) is 31.4 Å². The summed E-state index contributed by atoms with van der Waals surface area (Å²) < 4.78 is 31.1. The molecule has 1 aromatic rings. The van der Waals surface area contributed by atoms with E-state index >= 15 is 0 Å². The fourth-order valence-electron chi connectivity index (χ4n) is 2.51. The SMILES string of the molecule is CCCS(=O)(=O)NC1CCN(C(=O)c2ccc(C(=O)O)o2)CC1. The molecule has 1 saturated heterocycles. The Morgan fingerprint density at radius 2 is 1.91 bits per heavy atom. The number of piperidine rings is 1. The molecule has 1 amide bonds. The van der Waals surface area contributed by atoms with Crippen LogP contribution in [0, 0.1) is 0 Å². The van der Waals surface area contributed by atoms with Crippen LogP contribution in [0.3, 0.4) is 0 Å². The van der Waals surface area contributed by atoms with Crippen molar-refractivity contribution in [1.29, 1.82) is 0 Å². The number of likely N-dealkylation sites (tertiary alicyclic amines) is 1. The van der Waals surface area contributed by atoms with Gasteiger partial charge in [-0.25, -0.2) is 17.9 Å². The first-order valence-electron chi connectivity index (χ1n) is 7.45. The van der Waals surface area contributed by atoms with Crippen LogP contribution in [0.1, 0.15) is 47.3 Å². The van der Waals surface area contributed by atoms with E-state index in [1.165, 1.54) is 17.0 Å². The molecule has 0 aliphatic carbocycles. The highest BCUT2D eigenvalue weighted by Gasteiger charge is 2.27. The van der Waals surface area contributed by atoms with E-state index in [4.69, 9.17) is 9.52 Å². The number of amides is 1. The van der Waals surface area contributed by atoms with Crippen LogP contribution in [0.4, 0.5) is 0 Å². The van der Waals surface area contributed by atoms with Crippen molar-refractivity contribution in [2.24, 2.45) is 0 Å².